The second kappa shape index (κ2) is 5.70. The number of ether oxygens (including phenoxy) is 2. The van der Waals surface area contributed by atoms with Gasteiger partial charge >= 0.3 is 5.97 Å². The number of aromatic carboxylic acids is 1. The summed E-state index contributed by atoms with van der Waals surface area (Å²) in [6.45, 7) is -0.0537. The second-order valence-corrected chi connectivity index (χ2v) is 3.85. The molecule has 1 aromatic carbocycles. The van der Waals surface area contributed by atoms with E-state index in [2.05, 4.69) is 4.98 Å². The van der Waals surface area contributed by atoms with E-state index in [1.165, 1.54) is 32.4 Å². The lowest BCUT2D eigenvalue weighted by molar-refractivity contribution is 0.0656. The number of halogens is 1. The molecule has 20 heavy (non-hydrogen) atoms. The third-order valence-corrected chi connectivity index (χ3v) is 2.58. The summed E-state index contributed by atoms with van der Waals surface area (Å²) >= 11 is 0. The van der Waals surface area contributed by atoms with Gasteiger partial charge in [-0.3, -0.25) is 0 Å². The van der Waals surface area contributed by atoms with Crippen molar-refractivity contribution >= 4 is 5.97 Å². The van der Waals surface area contributed by atoms with Crippen molar-refractivity contribution in [2.24, 2.45) is 0 Å². The molecule has 2 rings (SSSR count). The van der Waals surface area contributed by atoms with Crippen LogP contribution in [0.25, 0.3) is 11.5 Å². The SMILES string of the molecule is COCc1nc(-c2c(F)cccc2OC)oc1C(=O)O. The maximum atomic E-state index is 13.9. The van der Waals surface area contributed by atoms with E-state index in [1.807, 2.05) is 0 Å². The first-order valence-corrected chi connectivity index (χ1v) is 5.63. The lowest BCUT2D eigenvalue weighted by Gasteiger charge is -2.05. The first-order valence-electron chi connectivity index (χ1n) is 5.63. The Hall–Kier alpha value is -2.41. The summed E-state index contributed by atoms with van der Waals surface area (Å²) in [6.07, 6.45) is 0. The van der Waals surface area contributed by atoms with Crippen LogP contribution in [0.4, 0.5) is 4.39 Å². The molecular weight excluding hydrogens is 269 g/mol. The van der Waals surface area contributed by atoms with Gasteiger partial charge in [-0.2, -0.15) is 0 Å². The number of benzene rings is 1. The molecule has 0 spiro atoms. The van der Waals surface area contributed by atoms with Gasteiger partial charge in [0.1, 0.15) is 22.8 Å². The molecule has 2 aromatic rings. The Morgan fingerprint density at radius 1 is 1.45 bits per heavy atom. The third-order valence-electron chi connectivity index (χ3n) is 2.58. The zero-order chi connectivity index (χ0) is 14.7. The first kappa shape index (κ1) is 14.0. The highest BCUT2D eigenvalue weighted by Gasteiger charge is 2.24. The van der Waals surface area contributed by atoms with Crippen LogP contribution in [-0.4, -0.2) is 30.3 Å². The highest BCUT2D eigenvalue weighted by Crippen LogP contribution is 2.33. The van der Waals surface area contributed by atoms with Crippen molar-refractivity contribution in [3.63, 3.8) is 0 Å². The maximum Gasteiger partial charge on any atom is 0.373 e. The summed E-state index contributed by atoms with van der Waals surface area (Å²) in [7, 11) is 2.76. The van der Waals surface area contributed by atoms with Gasteiger partial charge in [0.05, 0.1) is 13.7 Å². The van der Waals surface area contributed by atoms with Crippen molar-refractivity contribution in [2.75, 3.05) is 14.2 Å². The number of carboxylic acids is 1. The number of hydrogen-bond acceptors (Lipinski definition) is 5. The third kappa shape index (κ3) is 2.48. The monoisotopic (exact) mass is 281 g/mol. The Kier molecular flexibility index (Phi) is 3.99. The van der Waals surface area contributed by atoms with Gasteiger partial charge in [0.25, 0.3) is 0 Å². The molecule has 0 aliphatic carbocycles. The quantitative estimate of drug-likeness (QED) is 0.905. The average Bonchev–Trinajstić information content (AvgIpc) is 2.82. The molecule has 0 fully saturated rings. The van der Waals surface area contributed by atoms with E-state index in [-0.39, 0.29) is 35.3 Å². The summed E-state index contributed by atoms with van der Waals surface area (Å²) in [5, 5.41) is 9.03. The summed E-state index contributed by atoms with van der Waals surface area (Å²) in [4.78, 5) is 15.0. The molecule has 0 bridgehead atoms. The number of methoxy groups -OCH3 is 2. The second-order valence-electron chi connectivity index (χ2n) is 3.85. The van der Waals surface area contributed by atoms with E-state index in [9.17, 15) is 9.18 Å². The van der Waals surface area contributed by atoms with Crippen LogP contribution in [0.2, 0.25) is 0 Å². The molecule has 0 saturated heterocycles. The topological polar surface area (TPSA) is 81.8 Å². The minimum absolute atomic E-state index is 0.0279. The molecule has 7 heteroatoms. The summed E-state index contributed by atoms with van der Waals surface area (Å²) in [5.41, 5.74) is 0.0557. The molecule has 0 saturated carbocycles. The number of hydrogen-bond donors (Lipinski definition) is 1. The minimum Gasteiger partial charge on any atom is -0.496 e. The van der Waals surface area contributed by atoms with Gasteiger partial charge in [-0.05, 0) is 12.1 Å². The fourth-order valence-electron chi connectivity index (χ4n) is 1.74. The molecular formula is C13H12FNO5. The molecule has 6 nitrogen and oxygen atoms in total. The van der Waals surface area contributed by atoms with Crippen LogP contribution in [0.5, 0.6) is 5.75 Å². The smallest absolute Gasteiger partial charge is 0.373 e. The van der Waals surface area contributed by atoms with Crippen LogP contribution in [0.3, 0.4) is 0 Å². The molecule has 0 radical (unpaired) electrons. The molecule has 1 N–H and O–H groups in total. The van der Waals surface area contributed by atoms with Crippen LogP contribution in [-0.2, 0) is 11.3 Å². The van der Waals surface area contributed by atoms with Crippen LogP contribution in [0.15, 0.2) is 22.6 Å². The van der Waals surface area contributed by atoms with Crippen LogP contribution in [0, 0.1) is 5.82 Å². The minimum atomic E-state index is -1.30. The molecule has 0 aliphatic heterocycles. The van der Waals surface area contributed by atoms with Crippen molar-refractivity contribution in [3.8, 4) is 17.2 Å². The molecule has 0 unspecified atom stereocenters. The summed E-state index contributed by atoms with van der Waals surface area (Å²) in [5.74, 6) is -2.26. The fraction of sp³-hybridized carbons (Fsp3) is 0.231. The van der Waals surface area contributed by atoms with Gasteiger partial charge < -0.3 is 19.0 Å². The van der Waals surface area contributed by atoms with Gasteiger partial charge in [0, 0.05) is 7.11 Å². The van der Waals surface area contributed by atoms with Crippen molar-refractivity contribution in [1.82, 2.24) is 4.98 Å². The Bertz CT molecular complexity index is 638. The normalized spacial score (nSPS) is 10.6. The Labute approximate surface area is 113 Å². The largest absolute Gasteiger partial charge is 0.496 e. The van der Waals surface area contributed by atoms with Crippen molar-refractivity contribution in [3.05, 3.63) is 35.5 Å². The standard InChI is InChI=1S/C13H12FNO5/c1-18-6-8-11(13(16)17)20-12(15-8)10-7(14)4-3-5-9(10)19-2/h3-5H,6H2,1-2H3,(H,16,17). The zero-order valence-corrected chi connectivity index (χ0v) is 10.8. The van der Waals surface area contributed by atoms with Crippen LogP contribution < -0.4 is 4.74 Å². The van der Waals surface area contributed by atoms with E-state index < -0.39 is 11.8 Å². The van der Waals surface area contributed by atoms with E-state index >= 15 is 0 Å². The van der Waals surface area contributed by atoms with Crippen LogP contribution in [0.1, 0.15) is 16.2 Å². The van der Waals surface area contributed by atoms with E-state index in [4.69, 9.17) is 19.0 Å². The Balaban J connectivity index is 2.59. The molecule has 0 atom stereocenters. The van der Waals surface area contributed by atoms with Crippen LogP contribution >= 0.6 is 0 Å². The van der Waals surface area contributed by atoms with Crippen molar-refractivity contribution in [2.45, 2.75) is 6.61 Å². The van der Waals surface area contributed by atoms with Gasteiger partial charge in [-0.1, -0.05) is 6.07 Å². The number of carboxylic acid groups (broad SMARTS) is 1. The Morgan fingerprint density at radius 3 is 2.80 bits per heavy atom. The molecule has 1 heterocycles. The molecule has 106 valence electrons. The number of carbonyl (C=O) groups is 1. The van der Waals surface area contributed by atoms with Crippen molar-refractivity contribution < 1.29 is 28.2 Å². The van der Waals surface area contributed by atoms with Gasteiger partial charge in [-0.15, -0.1) is 0 Å². The lowest BCUT2D eigenvalue weighted by atomic mass is 10.2. The maximum absolute atomic E-state index is 13.9. The zero-order valence-electron chi connectivity index (χ0n) is 10.8. The van der Waals surface area contributed by atoms with Crippen molar-refractivity contribution in [1.29, 1.82) is 0 Å². The predicted molar refractivity (Wildman–Crippen MR) is 66.1 cm³/mol. The van der Waals surface area contributed by atoms with E-state index in [0.29, 0.717) is 0 Å². The van der Waals surface area contributed by atoms with E-state index in [1.54, 1.807) is 0 Å². The average molecular weight is 281 g/mol. The summed E-state index contributed by atoms with van der Waals surface area (Å²) in [6, 6.07) is 4.20. The lowest BCUT2D eigenvalue weighted by Crippen LogP contribution is -2.00. The first-order chi connectivity index (χ1) is 9.58. The highest BCUT2D eigenvalue weighted by atomic mass is 19.1. The fourth-order valence-corrected chi connectivity index (χ4v) is 1.74. The molecule has 1 aromatic heterocycles. The van der Waals surface area contributed by atoms with Gasteiger partial charge in [-0.25, -0.2) is 14.2 Å². The number of oxazole rings is 1. The number of nitrogens with zero attached hydrogens (tertiary/aromatic N) is 1. The highest BCUT2D eigenvalue weighted by molar-refractivity contribution is 5.86. The van der Waals surface area contributed by atoms with Gasteiger partial charge in [0.2, 0.25) is 11.7 Å². The van der Waals surface area contributed by atoms with E-state index in [0.717, 1.165) is 0 Å². The number of rotatable bonds is 5. The summed E-state index contributed by atoms with van der Waals surface area (Å²) < 4.78 is 28.9. The Morgan fingerprint density at radius 2 is 2.20 bits per heavy atom. The predicted octanol–water partition coefficient (Wildman–Crippen LogP) is 2.33. The number of aromatic nitrogens is 1. The van der Waals surface area contributed by atoms with Gasteiger partial charge in [0.15, 0.2) is 0 Å². The molecule has 0 aliphatic rings. The molecule has 0 amide bonds.